The van der Waals surface area contributed by atoms with Gasteiger partial charge in [-0.2, -0.15) is 0 Å². The lowest BCUT2D eigenvalue weighted by molar-refractivity contribution is 0.176. The molecule has 2 rings (SSSR count). The van der Waals surface area contributed by atoms with Crippen LogP contribution in [0.1, 0.15) is 25.3 Å². The van der Waals surface area contributed by atoms with Gasteiger partial charge in [-0.25, -0.2) is 0 Å². The van der Waals surface area contributed by atoms with Gasteiger partial charge < -0.3 is 4.74 Å². The molecule has 0 saturated carbocycles. The van der Waals surface area contributed by atoms with Gasteiger partial charge >= 0.3 is 0 Å². The summed E-state index contributed by atoms with van der Waals surface area (Å²) in [6.45, 7) is 5.41. The van der Waals surface area contributed by atoms with E-state index in [4.69, 9.17) is 16.3 Å². The molecule has 0 radical (unpaired) electrons. The Hall–Kier alpha value is -0.250. The number of alkyl halides is 1. The minimum atomic E-state index is 0.303. The molecule has 1 atom stereocenters. The highest BCUT2D eigenvalue weighted by Gasteiger charge is 2.22. The van der Waals surface area contributed by atoms with E-state index in [0.29, 0.717) is 11.3 Å². The van der Waals surface area contributed by atoms with Crippen LogP contribution in [0.3, 0.4) is 0 Å². The van der Waals surface area contributed by atoms with Gasteiger partial charge in [0.1, 0.15) is 5.75 Å². The number of halogens is 2. The van der Waals surface area contributed by atoms with Crippen LogP contribution in [0, 0.1) is 5.92 Å². The third kappa shape index (κ3) is 4.11. The first-order valence-corrected chi connectivity index (χ1v) is 8.02. The molecule has 1 aliphatic rings. The summed E-state index contributed by atoms with van der Waals surface area (Å²) in [7, 11) is 1.69. The maximum Gasteiger partial charge on any atom is 0.133 e. The maximum atomic E-state index is 6.18. The molecule has 1 aliphatic heterocycles. The van der Waals surface area contributed by atoms with Crippen molar-refractivity contribution in [2.45, 2.75) is 31.7 Å². The lowest BCUT2D eigenvalue weighted by Gasteiger charge is -2.33. The third-order valence-electron chi connectivity index (χ3n) is 3.90. The second-order valence-electron chi connectivity index (χ2n) is 5.26. The van der Waals surface area contributed by atoms with Crippen molar-refractivity contribution in [2.24, 2.45) is 5.92 Å². The molecular weight excluding hydrogens is 326 g/mol. The van der Waals surface area contributed by atoms with E-state index in [2.05, 4.69) is 39.9 Å². The van der Waals surface area contributed by atoms with Crippen molar-refractivity contribution < 1.29 is 4.74 Å². The highest BCUT2D eigenvalue weighted by Crippen LogP contribution is 2.28. The first-order chi connectivity index (χ1) is 9.10. The van der Waals surface area contributed by atoms with Crippen LogP contribution in [-0.4, -0.2) is 30.5 Å². The summed E-state index contributed by atoms with van der Waals surface area (Å²) in [5.41, 5.74) is 1.32. The molecule has 1 saturated heterocycles. The summed E-state index contributed by atoms with van der Waals surface area (Å²) in [4.78, 5) is 2.50. The van der Waals surface area contributed by atoms with Gasteiger partial charge in [0.15, 0.2) is 0 Å². The lowest BCUT2D eigenvalue weighted by atomic mass is 9.94. The van der Waals surface area contributed by atoms with Crippen molar-refractivity contribution in [1.29, 1.82) is 0 Å². The second kappa shape index (κ2) is 6.96. The molecule has 0 aromatic heterocycles. The minimum absolute atomic E-state index is 0.303. The fraction of sp³-hybridized carbons (Fsp3) is 0.600. The van der Waals surface area contributed by atoms with Crippen LogP contribution >= 0.6 is 27.5 Å². The Kier molecular flexibility index (Phi) is 5.55. The SMILES string of the molecule is COc1ccc(CN2CCC(C(C)Cl)CC2)cc1Br. The number of nitrogens with zero attached hydrogens (tertiary/aromatic N) is 1. The number of likely N-dealkylation sites (tertiary alicyclic amines) is 1. The Morgan fingerprint density at radius 1 is 1.42 bits per heavy atom. The average Bonchev–Trinajstić information content (AvgIpc) is 2.39. The lowest BCUT2D eigenvalue weighted by Crippen LogP contribution is -2.35. The largest absolute Gasteiger partial charge is 0.496 e. The Morgan fingerprint density at radius 3 is 2.63 bits per heavy atom. The van der Waals surface area contributed by atoms with Crippen LogP contribution in [0.15, 0.2) is 22.7 Å². The Labute approximate surface area is 129 Å². The van der Waals surface area contributed by atoms with Gasteiger partial charge in [-0.3, -0.25) is 4.90 Å². The second-order valence-corrected chi connectivity index (χ2v) is 6.80. The van der Waals surface area contributed by atoms with Crippen LogP contribution in [0.4, 0.5) is 0 Å². The van der Waals surface area contributed by atoms with Crippen molar-refractivity contribution in [2.75, 3.05) is 20.2 Å². The molecule has 1 unspecified atom stereocenters. The van der Waals surface area contributed by atoms with E-state index in [-0.39, 0.29) is 0 Å². The molecule has 1 fully saturated rings. The molecule has 1 aromatic rings. The maximum absolute atomic E-state index is 6.18. The smallest absolute Gasteiger partial charge is 0.133 e. The highest BCUT2D eigenvalue weighted by atomic mass is 79.9. The monoisotopic (exact) mass is 345 g/mol. The first-order valence-electron chi connectivity index (χ1n) is 6.79. The summed E-state index contributed by atoms with van der Waals surface area (Å²) < 4.78 is 6.28. The topological polar surface area (TPSA) is 12.5 Å². The number of hydrogen-bond donors (Lipinski definition) is 0. The van der Waals surface area contributed by atoms with Gasteiger partial charge in [0.2, 0.25) is 0 Å². The molecule has 2 nitrogen and oxygen atoms in total. The first kappa shape index (κ1) is 15.1. The van der Waals surface area contributed by atoms with Gasteiger partial charge in [0, 0.05) is 11.9 Å². The van der Waals surface area contributed by atoms with Crippen LogP contribution < -0.4 is 4.74 Å². The van der Waals surface area contributed by atoms with Gasteiger partial charge in [0.05, 0.1) is 11.6 Å². The van der Waals surface area contributed by atoms with Crippen LogP contribution in [0.25, 0.3) is 0 Å². The molecule has 0 spiro atoms. The Balaban J connectivity index is 1.90. The summed E-state index contributed by atoms with van der Waals surface area (Å²) in [6.07, 6.45) is 2.42. The van der Waals surface area contributed by atoms with Crippen molar-refractivity contribution in [3.8, 4) is 5.75 Å². The van der Waals surface area contributed by atoms with E-state index in [0.717, 1.165) is 29.9 Å². The number of methoxy groups -OCH3 is 1. The Morgan fingerprint density at radius 2 is 2.11 bits per heavy atom. The minimum Gasteiger partial charge on any atom is -0.496 e. The number of rotatable bonds is 4. The quantitative estimate of drug-likeness (QED) is 0.754. The average molecular weight is 347 g/mol. The molecule has 0 bridgehead atoms. The third-order valence-corrected chi connectivity index (χ3v) is 4.88. The van der Waals surface area contributed by atoms with Crippen molar-refractivity contribution in [1.82, 2.24) is 4.90 Å². The molecule has 1 aromatic carbocycles. The van der Waals surface area contributed by atoms with Crippen molar-refractivity contribution >= 4 is 27.5 Å². The molecule has 0 amide bonds. The summed E-state index contributed by atoms with van der Waals surface area (Å²) >= 11 is 9.72. The number of benzene rings is 1. The van der Waals surface area contributed by atoms with Crippen LogP contribution in [-0.2, 0) is 6.54 Å². The normalized spacial score (nSPS) is 19.4. The van der Waals surface area contributed by atoms with Gasteiger partial charge in [-0.15, -0.1) is 11.6 Å². The van der Waals surface area contributed by atoms with Crippen molar-refractivity contribution in [3.63, 3.8) is 0 Å². The zero-order valence-electron chi connectivity index (χ0n) is 11.5. The molecule has 1 heterocycles. The van der Waals surface area contributed by atoms with Crippen LogP contribution in [0.5, 0.6) is 5.75 Å². The molecule has 106 valence electrons. The van der Waals surface area contributed by atoms with Crippen molar-refractivity contribution in [3.05, 3.63) is 28.2 Å². The fourth-order valence-electron chi connectivity index (χ4n) is 2.64. The van der Waals surface area contributed by atoms with E-state index in [1.807, 2.05) is 6.07 Å². The van der Waals surface area contributed by atoms with E-state index >= 15 is 0 Å². The number of piperidine rings is 1. The van der Waals surface area contributed by atoms with Gasteiger partial charge in [-0.1, -0.05) is 6.07 Å². The summed E-state index contributed by atoms with van der Waals surface area (Å²) in [5.74, 6) is 1.57. The summed E-state index contributed by atoms with van der Waals surface area (Å²) in [5, 5.41) is 0.303. The zero-order valence-corrected chi connectivity index (χ0v) is 13.9. The summed E-state index contributed by atoms with van der Waals surface area (Å²) in [6, 6.07) is 6.31. The van der Waals surface area contributed by atoms with Crippen LogP contribution in [0.2, 0.25) is 0 Å². The van der Waals surface area contributed by atoms with E-state index in [1.54, 1.807) is 7.11 Å². The van der Waals surface area contributed by atoms with E-state index < -0.39 is 0 Å². The van der Waals surface area contributed by atoms with Gasteiger partial charge in [-0.05, 0) is 72.4 Å². The fourth-order valence-corrected chi connectivity index (χ4v) is 3.48. The highest BCUT2D eigenvalue weighted by molar-refractivity contribution is 9.10. The molecule has 0 aliphatic carbocycles. The predicted octanol–water partition coefficient (Wildman–Crippen LogP) is 4.30. The molecule has 4 heteroatoms. The molecule has 0 N–H and O–H groups in total. The van der Waals surface area contributed by atoms with E-state index in [9.17, 15) is 0 Å². The van der Waals surface area contributed by atoms with E-state index in [1.165, 1.54) is 18.4 Å². The Bertz CT molecular complexity index is 417. The molecule has 19 heavy (non-hydrogen) atoms. The number of ether oxygens (including phenoxy) is 1. The standard InChI is InChI=1S/C15H21BrClNO/c1-11(17)13-5-7-18(8-6-13)10-12-3-4-15(19-2)14(16)9-12/h3-4,9,11,13H,5-8,10H2,1-2H3. The van der Waals surface area contributed by atoms with Gasteiger partial charge in [0.25, 0.3) is 0 Å². The zero-order chi connectivity index (χ0) is 13.8. The molecular formula is C15H21BrClNO. The predicted molar refractivity (Wildman–Crippen MR) is 84.0 cm³/mol. The number of hydrogen-bond acceptors (Lipinski definition) is 2.